The zero-order valence-corrected chi connectivity index (χ0v) is 11.6. The van der Waals surface area contributed by atoms with Gasteiger partial charge in [-0.3, -0.25) is 4.79 Å². The quantitative estimate of drug-likeness (QED) is 0.668. The van der Waals surface area contributed by atoms with Crippen LogP contribution in [0.5, 0.6) is 5.75 Å². The smallest absolute Gasteiger partial charge is 0.311 e. The van der Waals surface area contributed by atoms with E-state index in [4.69, 9.17) is 4.74 Å². The van der Waals surface area contributed by atoms with Crippen molar-refractivity contribution in [2.24, 2.45) is 0 Å². The second-order valence-electron chi connectivity index (χ2n) is 4.42. The van der Waals surface area contributed by atoms with Crippen molar-refractivity contribution in [3.8, 4) is 5.75 Å². The maximum Gasteiger partial charge on any atom is 0.311 e. The number of carbonyl (C=O) groups excluding carboxylic acids is 1. The second-order valence-corrected chi connectivity index (χ2v) is 4.42. The first-order valence-electron chi connectivity index (χ1n) is 6.54. The summed E-state index contributed by atoms with van der Waals surface area (Å²) in [5.74, 6) is 1.01. The van der Waals surface area contributed by atoms with E-state index in [1.54, 1.807) is 12.1 Å². The van der Waals surface area contributed by atoms with Crippen LogP contribution < -0.4 is 10.1 Å². The van der Waals surface area contributed by atoms with E-state index in [9.17, 15) is 4.79 Å². The van der Waals surface area contributed by atoms with Crippen LogP contribution in [0.15, 0.2) is 36.7 Å². The Morgan fingerprint density at radius 3 is 2.90 bits per heavy atom. The molecule has 0 unspecified atom stereocenters. The van der Waals surface area contributed by atoms with Crippen molar-refractivity contribution in [3.63, 3.8) is 0 Å². The number of aryl methyl sites for hydroxylation is 1. The third-order valence-corrected chi connectivity index (χ3v) is 2.60. The van der Waals surface area contributed by atoms with Crippen LogP contribution in [0.2, 0.25) is 0 Å². The van der Waals surface area contributed by atoms with Gasteiger partial charge in [0.25, 0.3) is 0 Å². The van der Waals surface area contributed by atoms with Gasteiger partial charge in [-0.05, 0) is 25.5 Å². The molecule has 0 saturated carbocycles. The summed E-state index contributed by atoms with van der Waals surface area (Å²) in [6.45, 7) is 3.84. The lowest BCUT2D eigenvalue weighted by atomic mass is 10.3. The van der Waals surface area contributed by atoms with Gasteiger partial charge in [0.2, 0.25) is 0 Å². The van der Waals surface area contributed by atoms with Crippen LogP contribution in [-0.4, -0.2) is 15.9 Å². The highest BCUT2D eigenvalue weighted by atomic mass is 16.5. The molecular formula is C15H17N3O2. The summed E-state index contributed by atoms with van der Waals surface area (Å²) in [6, 6.07) is 9.07. The fraction of sp³-hybridized carbons (Fsp3) is 0.267. The SMILES string of the molecule is CCCC(=O)Oc1cccc(Nc2cc(C)ncn2)c1. The van der Waals surface area contributed by atoms with Gasteiger partial charge in [-0.1, -0.05) is 13.0 Å². The molecule has 1 aromatic heterocycles. The van der Waals surface area contributed by atoms with Crippen LogP contribution in [0, 0.1) is 6.92 Å². The van der Waals surface area contributed by atoms with Crippen LogP contribution in [0.4, 0.5) is 11.5 Å². The average molecular weight is 271 g/mol. The van der Waals surface area contributed by atoms with Gasteiger partial charge in [0.05, 0.1) is 0 Å². The Balaban J connectivity index is 2.08. The van der Waals surface area contributed by atoms with Crippen molar-refractivity contribution >= 4 is 17.5 Å². The van der Waals surface area contributed by atoms with E-state index in [-0.39, 0.29) is 5.97 Å². The molecule has 5 heteroatoms. The summed E-state index contributed by atoms with van der Waals surface area (Å²) in [7, 11) is 0. The lowest BCUT2D eigenvalue weighted by Crippen LogP contribution is -2.07. The Labute approximate surface area is 118 Å². The van der Waals surface area contributed by atoms with E-state index < -0.39 is 0 Å². The fourth-order valence-corrected chi connectivity index (χ4v) is 1.69. The molecule has 0 spiro atoms. The highest BCUT2D eigenvalue weighted by Gasteiger charge is 2.04. The van der Waals surface area contributed by atoms with E-state index in [0.29, 0.717) is 18.0 Å². The first-order valence-corrected chi connectivity index (χ1v) is 6.54. The molecule has 0 aliphatic heterocycles. The van der Waals surface area contributed by atoms with Crippen molar-refractivity contribution in [2.75, 3.05) is 5.32 Å². The molecule has 0 bridgehead atoms. The van der Waals surface area contributed by atoms with Gasteiger partial charge in [0.15, 0.2) is 0 Å². The predicted molar refractivity (Wildman–Crippen MR) is 77.0 cm³/mol. The number of nitrogens with zero attached hydrogens (tertiary/aromatic N) is 2. The summed E-state index contributed by atoms with van der Waals surface area (Å²) < 4.78 is 5.25. The molecule has 1 aromatic carbocycles. The van der Waals surface area contributed by atoms with Crippen molar-refractivity contribution in [2.45, 2.75) is 26.7 Å². The molecular weight excluding hydrogens is 254 g/mol. The Morgan fingerprint density at radius 1 is 1.30 bits per heavy atom. The largest absolute Gasteiger partial charge is 0.426 e. The lowest BCUT2D eigenvalue weighted by Gasteiger charge is -2.08. The average Bonchev–Trinajstić information content (AvgIpc) is 2.39. The van der Waals surface area contributed by atoms with Crippen molar-refractivity contribution in [3.05, 3.63) is 42.4 Å². The summed E-state index contributed by atoms with van der Waals surface area (Å²) in [5, 5.41) is 3.15. The van der Waals surface area contributed by atoms with E-state index in [1.807, 2.05) is 32.0 Å². The van der Waals surface area contributed by atoms with Gasteiger partial charge >= 0.3 is 5.97 Å². The topological polar surface area (TPSA) is 64.1 Å². The van der Waals surface area contributed by atoms with E-state index in [0.717, 1.165) is 17.8 Å². The van der Waals surface area contributed by atoms with Crippen molar-refractivity contribution in [1.29, 1.82) is 0 Å². The molecule has 0 atom stereocenters. The highest BCUT2D eigenvalue weighted by Crippen LogP contribution is 2.21. The Hall–Kier alpha value is -2.43. The maximum absolute atomic E-state index is 11.5. The Bertz CT molecular complexity index is 599. The second kappa shape index (κ2) is 6.65. The van der Waals surface area contributed by atoms with Crippen LogP contribution in [0.3, 0.4) is 0 Å². The predicted octanol–water partition coefficient (Wildman–Crippen LogP) is 3.23. The molecule has 0 radical (unpaired) electrons. The number of carbonyl (C=O) groups is 1. The van der Waals surface area contributed by atoms with Gasteiger partial charge in [-0.15, -0.1) is 0 Å². The minimum Gasteiger partial charge on any atom is -0.426 e. The summed E-state index contributed by atoms with van der Waals surface area (Å²) >= 11 is 0. The minimum atomic E-state index is -0.220. The van der Waals surface area contributed by atoms with Gasteiger partial charge in [-0.25, -0.2) is 9.97 Å². The highest BCUT2D eigenvalue weighted by molar-refractivity contribution is 5.73. The third kappa shape index (κ3) is 4.05. The normalized spacial score (nSPS) is 10.1. The summed E-state index contributed by atoms with van der Waals surface area (Å²) in [6.07, 6.45) is 2.70. The lowest BCUT2D eigenvalue weighted by molar-refractivity contribution is -0.134. The molecule has 20 heavy (non-hydrogen) atoms. The van der Waals surface area contributed by atoms with E-state index in [2.05, 4.69) is 15.3 Å². The Morgan fingerprint density at radius 2 is 2.15 bits per heavy atom. The maximum atomic E-state index is 11.5. The number of benzene rings is 1. The summed E-state index contributed by atoms with van der Waals surface area (Å²) in [5.41, 5.74) is 1.69. The number of anilines is 2. The molecule has 0 amide bonds. The standard InChI is InChI=1S/C15H17N3O2/c1-3-5-15(19)20-13-7-4-6-12(9-13)18-14-8-11(2)16-10-17-14/h4,6-10H,3,5H2,1-2H3,(H,16,17,18). The van der Waals surface area contributed by atoms with Crippen LogP contribution >= 0.6 is 0 Å². The molecule has 0 aliphatic carbocycles. The molecule has 104 valence electrons. The first-order chi connectivity index (χ1) is 9.67. The molecule has 2 aromatic rings. The molecule has 5 nitrogen and oxygen atoms in total. The molecule has 0 aliphatic rings. The zero-order valence-electron chi connectivity index (χ0n) is 11.6. The number of rotatable bonds is 5. The first kappa shape index (κ1) is 14.0. The van der Waals surface area contributed by atoms with Crippen LogP contribution in [0.25, 0.3) is 0 Å². The van der Waals surface area contributed by atoms with Gasteiger partial charge in [-0.2, -0.15) is 0 Å². The van der Waals surface area contributed by atoms with E-state index in [1.165, 1.54) is 6.33 Å². The summed E-state index contributed by atoms with van der Waals surface area (Å²) in [4.78, 5) is 19.6. The van der Waals surface area contributed by atoms with Gasteiger partial charge in [0, 0.05) is 29.9 Å². The fourth-order valence-electron chi connectivity index (χ4n) is 1.69. The number of esters is 1. The minimum absolute atomic E-state index is 0.220. The number of aromatic nitrogens is 2. The number of nitrogens with one attached hydrogen (secondary N) is 1. The van der Waals surface area contributed by atoms with Crippen LogP contribution in [-0.2, 0) is 4.79 Å². The van der Waals surface area contributed by atoms with Gasteiger partial charge < -0.3 is 10.1 Å². The molecule has 0 saturated heterocycles. The van der Waals surface area contributed by atoms with Crippen molar-refractivity contribution in [1.82, 2.24) is 9.97 Å². The Kier molecular flexibility index (Phi) is 4.65. The van der Waals surface area contributed by atoms with Crippen molar-refractivity contribution < 1.29 is 9.53 Å². The number of ether oxygens (including phenoxy) is 1. The molecule has 0 fully saturated rings. The molecule has 1 N–H and O–H groups in total. The van der Waals surface area contributed by atoms with Crippen LogP contribution in [0.1, 0.15) is 25.5 Å². The molecule has 1 heterocycles. The number of hydrogen-bond donors (Lipinski definition) is 1. The van der Waals surface area contributed by atoms with Gasteiger partial charge in [0.1, 0.15) is 17.9 Å². The molecule has 2 rings (SSSR count). The van der Waals surface area contributed by atoms with E-state index >= 15 is 0 Å². The number of hydrogen-bond acceptors (Lipinski definition) is 5. The monoisotopic (exact) mass is 271 g/mol. The third-order valence-electron chi connectivity index (χ3n) is 2.60. The zero-order chi connectivity index (χ0) is 14.4.